The van der Waals surface area contributed by atoms with Gasteiger partial charge in [0.2, 0.25) is 0 Å². The van der Waals surface area contributed by atoms with Gasteiger partial charge in [0.25, 0.3) is 0 Å². The highest BCUT2D eigenvalue weighted by atomic mass is 16.7. The van der Waals surface area contributed by atoms with Gasteiger partial charge in [-0.15, -0.1) is 0 Å². The second-order valence-electron chi connectivity index (χ2n) is 4.51. The Balaban J connectivity index is 2.94. The summed E-state index contributed by atoms with van der Waals surface area (Å²) in [5, 5.41) is 19.4. The summed E-state index contributed by atoms with van der Waals surface area (Å²) >= 11 is 0. The van der Waals surface area contributed by atoms with Gasteiger partial charge in [0.15, 0.2) is 18.5 Å². The van der Waals surface area contributed by atoms with Gasteiger partial charge in [-0.25, -0.2) is 0 Å². The Labute approximate surface area is 120 Å². The molecule has 1 saturated heterocycles. The fourth-order valence-electron chi connectivity index (χ4n) is 1.90. The van der Waals surface area contributed by atoms with Gasteiger partial charge < -0.3 is 29.2 Å². The van der Waals surface area contributed by atoms with E-state index in [0.717, 1.165) is 13.8 Å². The number of hydrogen-bond donors (Lipinski definition) is 2. The van der Waals surface area contributed by atoms with E-state index in [0.29, 0.717) is 0 Å². The maximum Gasteiger partial charge on any atom is 0.303 e. The van der Waals surface area contributed by atoms with Gasteiger partial charge in [0.05, 0.1) is 0 Å². The van der Waals surface area contributed by atoms with Gasteiger partial charge in [-0.3, -0.25) is 14.4 Å². The Hall–Kier alpha value is -1.71. The highest BCUT2D eigenvalue weighted by Crippen LogP contribution is 2.25. The second-order valence-corrected chi connectivity index (χ2v) is 4.51. The van der Waals surface area contributed by atoms with E-state index in [1.165, 1.54) is 6.92 Å². The number of rotatable bonds is 4. The lowest BCUT2D eigenvalue weighted by molar-refractivity contribution is -0.293. The molecule has 0 aromatic carbocycles. The largest absolute Gasteiger partial charge is 0.463 e. The van der Waals surface area contributed by atoms with Crippen molar-refractivity contribution in [1.29, 1.82) is 0 Å². The molecule has 0 bridgehead atoms. The number of carbonyl (C=O) groups excluding carboxylic acids is 3. The average Bonchev–Trinajstić information content (AvgIpc) is 2.35. The van der Waals surface area contributed by atoms with Crippen LogP contribution in [-0.4, -0.2) is 65.4 Å². The number of aliphatic hydroxyl groups is 2. The molecule has 0 aromatic heterocycles. The zero-order valence-corrected chi connectivity index (χ0v) is 11.8. The lowest BCUT2D eigenvalue weighted by atomic mass is 9.98. The van der Waals surface area contributed by atoms with Crippen LogP contribution < -0.4 is 0 Å². The third-order valence-electron chi connectivity index (χ3n) is 2.69. The standard InChI is InChI=1S/C12H18O9/c1-5(13)18-4-8-10(19-6(2)14)11(20-7(3)15)9(16)12(17)21-8/h8-12,16-17H,4H2,1-3H3/t8-,9-,10-,11-,12+/m1/s1. The number of esters is 3. The first-order valence-electron chi connectivity index (χ1n) is 6.21. The normalized spacial score (nSPS) is 32.1. The van der Waals surface area contributed by atoms with Crippen LogP contribution in [0.15, 0.2) is 0 Å². The fourth-order valence-corrected chi connectivity index (χ4v) is 1.90. The van der Waals surface area contributed by atoms with Crippen LogP contribution in [0.2, 0.25) is 0 Å². The average molecular weight is 306 g/mol. The zero-order valence-electron chi connectivity index (χ0n) is 11.8. The van der Waals surface area contributed by atoms with Crippen molar-refractivity contribution in [2.24, 2.45) is 0 Å². The van der Waals surface area contributed by atoms with E-state index in [-0.39, 0.29) is 6.61 Å². The Morgan fingerprint density at radius 3 is 1.95 bits per heavy atom. The molecular formula is C12H18O9. The maximum absolute atomic E-state index is 11.1. The van der Waals surface area contributed by atoms with Gasteiger partial charge in [-0.05, 0) is 0 Å². The van der Waals surface area contributed by atoms with Gasteiger partial charge in [-0.2, -0.15) is 0 Å². The van der Waals surface area contributed by atoms with Crippen LogP contribution in [0.4, 0.5) is 0 Å². The smallest absolute Gasteiger partial charge is 0.303 e. The minimum atomic E-state index is -1.68. The molecule has 0 aromatic rings. The highest BCUT2D eigenvalue weighted by Gasteiger charge is 2.49. The summed E-state index contributed by atoms with van der Waals surface area (Å²) in [6.07, 6.45) is -6.92. The first-order chi connectivity index (χ1) is 9.72. The molecule has 0 radical (unpaired) electrons. The Bertz CT molecular complexity index is 408. The van der Waals surface area contributed by atoms with Crippen LogP contribution >= 0.6 is 0 Å². The minimum Gasteiger partial charge on any atom is -0.463 e. The molecule has 1 aliphatic heterocycles. The number of carbonyl (C=O) groups is 3. The van der Waals surface area contributed by atoms with Crippen molar-refractivity contribution in [3.05, 3.63) is 0 Å². The van der Waals surface area contributed by atoms with E-state index in [4.69, 9.17) is 18.9 Å². The van der Waals surface area contributed by atoms with E-state index < -0.39 is 48.6 Å². The molecule has 9 heteroatoms. The number of ether oxygens (including phenoxy) is 4. The first kappa shape index (κ1) is 17.3. The molecule has 0 spiro atoms. The molecule has 5 atom stereocenters. The molecular weight excluding hydrogens is 288 g/mol. The Kier molecular flexibility index (Phi) is 6.06. The molecule has 0 aliphatic carbocycles. The van der Waals surface area contributed by atoms with Crippen molar-refractivity contribution in [2.75, 3.05) is 6.61 Å². The summed E-state index contributed by atoms with van der Waals surface area (Å²) in [6.45, 7) is 3.04. The van der Waals surface area contributed by atoms with E-state index in [9.17, 15) is 24.6 Å². The van der Waals surface area contributed by atoms with Crippen molar-refractivity contribution in [3.8, 4) is 0 Å². The monoisotopic (exact) mass is 306 g/mol. The van der Waals surface area contributed by atoms with Gasteiger partial charge in [0.1, 0.15) is 18.8 Å². The summed E-state index contributed by atoms with van der Waals surface area (Å²) in [5.74, 6) is -2.06. The molecule has 0 unspecified atom stereocenters. The highest BCUT2D eigenvalue weighted by molar-refractivity contribution is 5.67. The van der Waals surface area contributed by atoms with Crippen molar-refractivity contribution >= 4 is 17.9 Å². The quantitative estimate of drug-likeness (QED) is 0.470. The summed E-state index contributed by atoms with van der Waals surface area (Å²) < 4.78 is 19.6. The molecule has 2 N–H and O–H groups in total. The van der Waals surface area contributed by atoms with E-state index >= 15 is 0 Å². The van der Waals surface area contributed by atoms with Crippen LogP contribution in [0.25, 0.3) is 0 Å². The summed E-state index contributed by atoms with van der Waals surface area (Å²) in [7, 11) is 0. The molecule has 1 heterocycles. The molecule has 120 valence electrons. The van der Waals surface area contributed by atoms with Crippen molar-refractivity contribution in [2.45, 2.75) is 51.5 Å². The lowest BCUT2D eigenvalue weighted by Crippen LogP contribution is -2.61. The molecule has 9 nitrogen and oxygen atoms in total. The lowest BCUT2D eigenvalue weighted by Gasteiger charge is -2.41. The van der Waals surface area contributed by atoms with Crippen molar-refractivity contribution < 1.29 is 43.5 Å². The SMILES string of the molecule is CC(=O)OC[C@H]1O[C@H](O)[C@H](O)[C@@H](OC(C)=O)[C@@H]1OC(C)=O. The molecule has 0 saturated carbocycles. The fraction of sp³-hybridized carbons (Fsp3) is 0.750. The van der Waals surface area contributed by atoms with Gasteiger partial charge in [-0.1, -0.05) is 0 Å². The Morgan fingerprint density at radius 2 is 1.48 bits per heavy atom. The summed E-state index contributed by atoms with van der Waals surface area (Å²) in [4.78, 5) is 33.1. The second kappa shape index (κ2) is 7.34. The Morgan fingerprint density at radius 1 is 0.952 bits per heavy atom. The van der Waals surface area contributed by atoms with Crippen LogP contribution in [0.5, 0.6) is 0 Å². The minimum absolute atomic E-state index is 0.338. The predicted octanol–water partition coefficient (Wildman–Crippen LogP) is -1.51. The van der Waals surface area contributed by atoms with E-state index in [2.05, 4.69) is 0 Å². The predicted molar refractivity (Wildman–Crippen MR) is 64.6 cm³/mol. The molecule has 0 amide bonds. The van der Waals surface area contributed by atoms with Crippen LogP contribution in [0.3, 0.4) is 0 Å². The third-order valence-corrected chi connectivity index (χ3v) is 2.69. The zero-order chi connectivity index (χ0) is 16.2. The van der Waals surface area contributed by atoms with Crippen LogP contribution in [0.1, 0.15) is 20.8 Å². The first-order valence-corrected chi connectivity index (χ1v) is 6.21. The molecule has 1 aliphatic rings. The van der Waals surface area contributed by atoms with Crippen molar-refractivity contribution in [3.63, 3.8) is 0 Å². The summed E-state index contributed by atoms with van der Waals surface area (Å²) in [6, 6.07) is 0. The van der Waals surface area contributed by atoms with Crippen LogP contribution in [-0.2, 0) is 33.3 Å². The van der Waals surface area contributed by atoms with Gasteiger partial charge in [0, 0.05) is 20.8 Å². The third kappa shape index (κ3) is 4.96. The summed E-state index contributed by atoms with van der Waals surface area (Å²) in [5.41, 5.74) is 0. The molecule has 21 heavy (non-hydrogen) atoms. The topological polar surface area (TPSA) is 129 Å². The van der Waals surface area contributed by atoms with Gasteiger partial charge >= 0.3 is 17.9 Å². The number of aliphatic hydroxyl groups excluding tert-OH is 2. The van der Waals surface area contributed by atoms with Crippen LogP contribution in [0, 0.1) is 0 Å². The molecule has 1 fully saturated rings. The van der Waals surface area contributed by atoms with E-state index in [1.54, 1.807) is 0 Å². The van der Waals surface area contributed by atoms with E-state index in [1.807, 2.05) is 0 Å². The number of hydrogen-bond acceptors (Lipinski definition) is 9. The molecule has 1 rings (SSSR count). The maximum atomic E-state index is 11.1. The van der Waals surface area contributed by atoms with Crippen molar-refractivity contribution in [1.82, 2.24) is 0 Å².